The lowest BCUT2D eigenvalue weighted by molar-refractivity contribution is -0.121. The van der Waals surface area contributed by atoms with Gasteiger partial charge in [0, 0.05) is 23.3 Å². The Kier molecular flexibility index (Phi) is 4.80. The van der Waals surface area contributed by atoms with Crippen molar-refractivity contribution in [2.24, 2.45) is 5.92 Å². The Morgan fingerprint density at radius 2 is 2.08 bits per heavy atom. The number of benzene rings is 1. The second kappa shape index (κ2) is 7.38. The van der Waals surface area contributed by atoms with Crippen LogP contribution in [0.2, 0.25) is 0 Å². The maximum atomic E-state index is 12.6. The molecule has 4 rings (SSSR count). The molecule has 1 aliphatic rings. The first-order chi connectivity index (χ1) is 12.7. The van der Waals surface area contributed by atoms with Crippen LogP contribution in [0.1, 0.15) is 35.7 Å². The van der Waals surface area contributed by atoms with E-state index in [4.69, 9.17) is 0 Å². The van der Waals surface area contributed by atoms with Crippen LogP contribution in [0.4, 0.5) is 0 Å². The number of aromatic nitrogens is 2. The van der Waals surface area contributed by atoms with Crippen molar-refractivity contribution >= 4 is 17.2 Å². The quantitative estimate of drug-likeness (QED) is 0.709. The Balaban J connectivity index is 1.43. The molecule has 0 spiro atoms. The van der Waals surface area contributed by atoms with E-state index in [1.807, 2.05) is 17.5 Å². The molecule has 2 heterocycles. The summed E-state index contributed by atoms with van der Waals surface area (Å²) in [6.07, 6.45) is 6.21. The Morgan fingerprint density at radius 1 is 1.27 bits per heavy atom. The number of hydrogen-bond acceptors (Lipinski definition) is 4. The second-order valence-electron chi connectivity index (χ2n) is 6.86. The highest BCUT2D eigenvalue weighted by Gasteiger charge is 2.33. The topological polar surface area (TPSA) is 54.9 Å². The molecular formula is C21H21N3OS. The first-order valence-corrected chi connectivity index (χ1v) is 9.78. The van der Waals surface area contributed by atoms with E-state index in [-0.39, 0.29) is 11.9 Å². The van der Waals surface area contributed by atoms with Crippen molar-refractivity contribution in [2.45, 2.75) is 32.2 Å². The largest absolute Gasteiger partial charge is 0.349 e. The van der Waals surface area contributed by atoms with Gasteiger partial charge < -0.3 is 5.32 Å². The van der Waals surface area contributed by atoms with E-state index in [2.05, 4.69) is 46.5 Å². The number of carbonyl (C=O) groups excluding carboxylic acids is 1. The fourth-order valence-corrected chi connectivity index (χ4v) is 3.89. The van der Waals surface area contributed by atoms with E-state index in [1.165, 1.54) is 24.0 Å². The summed E-state index contributed by atoms with van der Waals surface area (Å²) < 4.78 is 0. The van der Waals surface area contributed by atoms with Crippen LogP contribution in [0.3, 0.4) is 0 Å². The highest BCUT2D eigenvalue weighted by Crippen LogP contribution is 2.41. The molecule has 1 saturated carbocycles. The minimum Gasteiger partial charge on any atom is -0.349 e. The lowest BCUT2D eigenvalue weighted by atomic mass is 10.0. The van der Waals surface area contributed by atoms with Crippen LogP contribution in [-0.2, 0) is 11.2 Å². The van der Waals surface area contributed by atoms with Gasteiger partial charge in [-0.25, -0.2) is 4.98 Å². The van der Waals surface area contributed by atoms with Crippen molar-refractivity contribution in [3.8, 4) is 10.6 Å². The standard InChI is InChI=1S/C21H21N3OS/c1-14-4-6-15(7-5-14)20(16-8-9-16)24-19(25)11-18-13-26-21(23-18)17-3-2-10-22-12-17/h2-7,10,12-13,16,20H,8-9,11H2,1H3,(H,24,25). The van der Waals surface area contributed by atoms with E-state index < -0.39 is 0 Å². The van der Waals surface area contributed by atoms with Crippen molar-refractivity contribution in [1.29, 1.82) is 0 Å². The number of thiazole rings is 1. The van der Waals surface area contributed by atoms with E-state index in [0.717, 1.165) is 16.3 Å². The molecule has 1 atom stereocenters. The number of hydrogen-bond donors (Lipinski definition) is 1. The number of rotatable bonds is 6. The molecule has 1 amide bonds. The molecule has 3 aromatic rings. The third-order valence-corrected chi connectivity index (χ3v) is 5.59. The number of pyridine rings is 1. The fraction of sp³-hybridized carbons (Fsp3) is 0.286. The minimum atomic E-state index is 0.0329. The molecule has 0 bridgehead atoms. The molecular weight excluding hydrogens is 342 g/mol. The molecule has 26 heavy (non-hydrogen) atoms. The smallest absolute Gasteiger partial charge is 0.226 e. The zero-order valence-electron chi connectivity index (χ0n) is 14.7. The van der Waals surface area contributed by atoms with Gasteiger partial charge in [0.05, 0.1) is 18.2 Å². The third kappa shape index (κ3) is 3.99. The van der Waals surface area contributed by atoms with Gasteiger partial charge in [-0.05, 0) is 43.4 Å². The molecule has 0 aliphatic heterocycles. The summed E-state index contributed by atoms with van der Waals surface area (Å²) in [4.78, 5) is 21.3. The van der Waals surface area contributed by atoms with Gasteiger partial charge in [0.1, 0.15) is 5.01 Å². The molecule has 1 N–H and O–H groups in total. The van der Waals surface area contributed by atoms with Gasteiger partial charge in [0.25, 0.3) is 0 Å². The van der Waals surface area contributed by atoms with Crippen LogP contribution in [0.15, 0.2) is 54.2 Å². The summed E-state index contributed by atoms with van der Waals surface area (Å²) in [6.45, 7) is 2.08. The third-order valence-electron chi connectivity index (χ3n) is 4.65. The van der Waals surface area contributed by atoms with Crippen molar-refractivity contribution in [1.82, 2.24) is 15.3 Å². The summed E-state index contributed by atoms with van der Waals surface area (Å²) in [5.74, 6) is 0.591. The van der Waals surface area contributed by atoms with E-state index >= 15 is 0 Å². The van der Waals surface area contributed by atoms with Crippen LogP contribution in [-0.4, -0.2) is 15.9 Å². The van der Waals surface area contributed by atoms with Crippen LogP contribution < -0.4 is 5.32 Å². The maximum absolute atomic E-state index is 12.6. The summed E-state index contributed by atoms with van der Waals surface area (Å²) in [7, 11) is 0. The molecule has 0 saturated heterocycles. The van der Waals surface area contributed by atoms with Gasteiger partial charge in [-0.15, -0.1) is 11.3 Å². The van der Waals surface area contributed by atoms with Gasteiger partial charge in [-0.1, -0.05) is 29.8 Å². The molecule has 132 valence electrons. The molecule has 1 aromatic carbocycles. The van der Waals surface area contributed by atoms with Crippen LogP contribution >= 0.6 is 11.3 Å². The summed E-state index contributed by atoms with van der Waals surface area (Å²) >= 11 is 1.55. The molecule has 1 fully saturated rings. The van der Waals surface area contributed by atoms with Gasteiger partial charge in [-0.2, -0.15) is 0 Å². The van der Waals surface area contributed by atoms with Crippen molar-refractivity contribution < 1.29 is 4.79 Å². The number of aryl methyl sites for hydroxylation is 1. The van der Waals surface area contributed by atoms with Crippen molar-refractivity contribution in [3.63, 3.8) is 0 Å². The average molecular weight is 363 g/mol. The molecule has 5 heteroatoms. The van der Waals surface area contributed by atoms with E-state index in [0.29, 0.717) is 12.3 Å². The van der Waals surface area contributed by atoms with Crippen molar-refractivity contribution in [3.05, 3.63) is 71.0 Å². The predicted molar refractivity (Wildman–Crippen MR) is 104 cm³/mol. The highest BCUT2D eigenvalue weighted by atomic mass is 32.1. The zero-order valence-corrected chi connectivity index (χ0v) is 15.5. The number of amides is 1. The van der Waals surface area contributed by atoms with Gasteiger partial charge in [0.15, 0.2) is 0 Å². The molecule has 0 radical (unpaired) electrons. The Bertz CT molecular complexity index is 885. The Morgan fingerprint density at radius 3 is 2.77 bits per heavy atom. The number of carbonyl (C=O) groups is 1. The monoisotopic (exact) mass is 363 g/mol. The lowest BCUT2D eigenvalue weighted by Crippen LogP contribution is -2.31. The van der Waals surface area contributed by atoms with Gasteiger partial charge in [0.2, 0.25) is 5.91 Å². The second-order valence-corrected chi connectivity index (χ2v) is 7.71. The fourth-order valence-electron chi connectivity index (χ4n) is 3.08. The lowest BCUT2D eigenvalue weighted by Gasteiger charge is -2.19. The summed E-state index contributed by atoms with van der Waals surface area (Å²) in [5.41, 5.74) is 4.23. The Hall–Kier alpha value is -2.53. The van der Waals surface area contributed by atoms with Crippen LogP contribution in [0.5, 0.6) is 0 Å². The summed E-state index contributed by atoms with van der Waals surface area (Å²) in [6, 6.07) is 12.5. The SMILES string of the molecule is Cc1ccc(C(NC(=O)Cc2csc(-c3cccnc3)n2)C2CC2)cc1. The normalized spacial score (nSPS) is 14.8. The van der Waals surface area contributed by atoms with Gasteiger partial charge in [-0.3, -0.25) is 9.78 Å². The molecule has 2 aromatic heterocycles. The molecule has 4 nitrogen and oxygen atoms in total. The maximum Gasteiger partial charge on any atom is 0.226 e. The number of nitrogens with zero attached hydrogens (tertiary/aromatic N) is 2. The molecule has 1 aliphatic carbocycles. The number of nitrogens with one attached hydrogen (secondary N) is 1. The van der Waals surface area contributed by atoms with Crippen LogP contribution in [0, 0.1) is 12.8 Å². The first-order valence-electron chi connectivity index (χ1n) is 8.90. The van der Waals surface area contributed by atoms with Crippen LogP contribution in [0.25, 0.3) is 10.6 Å². The first kappa shape index (κ1) is 16.9. The molecule has 1 unspecified atom stereocenters. The predicted octanol–water partition coefficient (Wildman–Crippen LogP) is 4.32. The summed E-state index contributed by atoms with van der Waals surface area (Å²) in [5, 5.41) is 6.08. The highest BCUT2D eigenvalue weighted by molar-refractivity contribution is 7.13. The van der Waals surface area contributed by atoms with Crippen molar-refractivity contribution in [2.75, 3.05) is 0 Å². The zero-order chi connectivity index (χ0) is 17.9. The van der Waals surface area contributed by atoms with E-state index in [9.17, 15) is 4.79 Å². The van der Waals surface area contributed by atoms with Gasteiger partial charge >= 0.3 is 0 Å². The Labute approximate surface area is 157 Å². The van der Waals surface area contributed by atoms with E-state index in [1.54, 1.807) is 23.7 Å². The minimum absolute atomic E-state index is 0.0329. The average Bonchev–Trinajstić information content (AvgIpc) is 3.40.